The lowest BCUT2D eigenvalue weighted by Crippen LogP contribution is -2.63. The molecule has 1 aromatic rings. The Morgan fingerprint density at radius 3 is 2.57 bits per heavy atom. The molecule has 21 heavy (non-hydrogen) atoms. The van der Waals surface area contributed by atoms with Crippen LogP contribution in [0.15, 0.2) is 15.8 Å². The highest BCUT2D eigenvalue weighted by Crippen LogP contribution is 2.40. The zero-order valence-electron chi connectivity index (χ0n) is 10.4. The smallest absolute Gasteiger partial charge is 0.347 e. The summed E-state index contributed by atoms with van der Waals surface area (Å²) in [6.45, 7) is -0.842. The SMILES string of the molecule is O=C[C@@]1(O)[C@H](O)[C@@H](CO)O[C@@]1(C=O)n1ncc(=O)[nH]c1=O. The Hall–Kier alpha value is -2.21. The van der Waals surface area contributed by atoms with Crippen LogP contribution in [0.4, 0.5) is 0 Å². The summed E-state index contributed by atoms with van der Waals surface area (Å²) in [5.41, 5.74) is -7.73. The molecule has 4 atom stereocenters. The molecule has 2 heterocycles. The predicted molar refractivity (Wildman–Crippen MR) is 62.1 cm³/mol. The van der Waals surface area contributed by atoms with Gasteiger partial charge in [-0.15, -0.1) is 0 Å². The summed E-state index contributed by atoms with van der Waals surface area (Å²) in [4.78, 5) is 47.1. The first-order chi connectivity index (χ1) is 9.86. The molecule has 0 amide bonds. The molecule has 1 fully saturated rings. The van der Waals surface area contributed by atoms with Crippen LogP contribution in [0.5, 0.6) is 0 Å². The van der Waals surface area contributed by atoms with Crippen LogP contribution in [-0.4, -0.2) is 67.1 Å². The molecule has 0 spiro atoms. The maximum Gasteiger partial charge on any atom is 0.347 e. The summed E-state index contributed by atoms with van der Waals surface area (Å²) in [5.74, 6) is 0. The molecule has 114 valence electrons. The standard InChI is InChI=1S/C10H11N3O8/c14-2-5-7(18)9(20,3-15)10(4-16,21-5)13-8(19)12-6(17)1-11-13/h1,3-5,7,14,18,20H,2H2,(H,12,17,19)/t5-,7-,9-,10-/m1/s1. The minimum atomic E-state index is -2.88. The van der Waals surface area contributed by atoms with E-state index in [1.165, 1.54) is 0 Å². The minimum absolute atomic E-state index is 0.118. The van der Waals surface area contributed by atoms with Crippen molar-refractivity contribution in [2.75, 3.05) is 6.61 Å². The fourth-order valence-corrected chi connectivity index (χ4v) is 2.16. The number of H-pyrrole nitrogens is 1. The number of rotatable bonds is 4. The van der Waals surface area contributed by atoms with Gasteiger partial charge in [-0.25, -0.2) is 4.79 Å². The largest absolute Gasteiger partial charge is 0.394 e. The van der Waals surface area contributed by atoms with Gasteiger partial charge in [-0.05, 0) is 0 Å². The second-order valence-electron chi connectivity index (χ2n) is 4.39. The van der Waals surface area contributed by atoms with E-state index >= 15 is 0 Å². The van der Waals surface area contributed by atoms with Gasteiger partial charge in [0.05, 0.1) is 6.61 Å². The van der Waals surface area contributed by atoms with Crippen molar-refractivity contribution in [3.8, 4) is 0 Å². The van der Waals surface area contributed by atoms with E-state index < -0.39 is 41.4 Å². The van der Waals surface area contributed by atoms with E-state index in [0.29, 0.717) is 6.20 Å². The quantitative estimate of drug-likeness (QED) is 0.399. The zero-order valence-corrected chi connectivity index (χ0v) is 10.4. The van der Waals surface area contributed by atoms with Crippen molar-refractivity contribution in [2.24, 2.45) is 0 Å². The van der Waals surface area contributed by atoms with Crippen molar-refractivity contribution >= 4 is 12.6 Å². The third-order valence-electron chi connectivity index (χ3n) is 3.25. The number of aliphatic hydroxyl groups is 3. The van der Waals surface area contributed by atoms with Gasteiger partial charge >= 0.3 is 5.69 Å². The molecule has 0 bridgehead atoms. The van der Waals surface area contributed by atoms with Gasteiger partial charge in [0.2, 0.25) is 5.60 Å². The van der Waals surface area contributed by atoms with Crippen molar-refractivity contribution in [1.82, 2.24) is 14.8 Å². The first-order valence-corrected chi connectivity index (χ1v) is 5.67. The summed E-state index contributed by atoms with van der Waals surface area (Å²) in [6.07, 6.45) is -3.22. The van der Waals surface area contributed by atoms with Crippen molar-refractivity contribution in [1.29, 1.82) is 0 Å². The number of hydrogen-bond donors (Lipinski definition) is 4. The lowest BCUT2D eigenvalue weighted by molar-refractivity contribution is -0.191. The first kappa shape index (κ1) is 15.2. The maximum atomic E-state index is 11.7. The zero-order chi connectivity index (χ0) is 15.8. The van der Waals surface area contributed by atoms with Gasteiger partial charge in [0.25, 0.3) is 11.3 Å². The van der Waals surface area contributed by atoms with Crippen molar-refractivity contribution < 1.29 is 29.6 Å². The predicted octanol–water partition coefficient (Wildman–Crippen LogP) is -4.53. The van der Waals surface area contributed by atoms with Gasteiger partial charge < -0.3 is 20.1 Å². The number of hydrogen-bond acceptors (Lipinski definition) is 9. The lowest BCUT2D eigenvalue weighted by atomic mass is 9.88. The van der Waals surface area contributed by atoms with Crippen LogP contribution >= 0.6 is 0 Å². The number of ether oxygens (including phenoxy) is 1. The molecule has 1 aliphatic rings. The molecule has 2 rings (SSSR count). The summed E-state index contributed by atoms with van der Waals surface area (Å²) in [6, 6.07) is 0. The van der Waals surface area contributed by atoms with Gasteiger partial charge in [-0.2, -0.15) is 9.78 Å². The highest BCUT2D eigenvalue weighted by Gasteiger charge is 2.68. The monoisotopic (exact) mass is 301 g/mol. The van der Waals surface area contributed by atoms with Crippen LogP contribution in [0.25, 0.3) is 0 Å². The highest BCUT2D eigenvalue weighted by atomic mass is 16.6. The van der Waals surface area contributed by atoms with Crippen molar-refractivity contribution in [3.05, 3.63) is 27.0 Å². The highest BCUT2D eigenvalue weighted by molar-refractivity contribution is 5.77. The Morgan fingerprint density at radius 2 is 2.10 bits per heavy atom. The van der Waals surface area contributed by atoms with E-state index in [1.807, 2.05) is 0 Å². The molecular formula is C10H11N3O8. The molecular weight excluding hydrogens is 290 g/mol. The molecule has 0 unspecified atom stereocenters. The van der Waals surface area contributed by atoms with E-state index in [2.05, 4.69) is 5.10 Å². The normalized spacial score (nSPS) is 35.6. The third-order valence-corrected chi connectivity index (χ3v) is 3.25. The van der Waals surface area contributed by atoms with Gasteiger partial charge in [0, 0.05) is 0 Å². The molecule has 1 aliphatic heterocycles. The molecule has 0 aliphatic carbocycles. The van der Waals surface area contributed by atoms with Gasteiger partial charge in [0.15, 0.2) is 12.6 Å². The van der Waals surface area contributed by atoms with E-state index in [4.69, 9.17) is 9.84 Å². The van der Waals surface area contributed by atoms with Crippen LogP contribution in [0.1, 0.15) is 0 Å². The number of nitrogens with zero attached hydrogens (tertiary/aromatic N) is 2. The molecule has 11 nitrogen and oxygen atoms in total. The fraction of sp³-hybridized carbons (Fsp3) is 0.500. The average molecular weight is 301 g/mol. The second-order valence-corrected chi connectivity index (χ2v) is 4.39. The number of aromatic nitrogens is 3. The molecule has 1 saturated heterocycles. The van der Waals surface area contributed by atoms with Gasteiger partial charge in [-0.3, -0.25) is 19.4 Å². The van der Waals surface area contributed by atoms with Crippen molar-refractivity contribution in [2.45, 2.75) is 23.5 Å². The van der Waals surface area contributed by atoms with Crippen LogP contribution in [0.3, 0.4) is 0 Å². The molecule has 4 N–H and O–H groups in total. The van der Waals surface area contributed by atoms with E-state index in [1.54, 1.807) is 4.98 Å². The number of nitrogens with one attached hydrogen (secondary N) is 1. The Kier molecular flexibility index (Phi) is 3.59. The van der Waals surface area contributed by atoms with Crippen LogP contribution in [0.2, 0.25) is 0 Å². The first-order valence-electron chi connectivity index (χ1n) is 5.67. The van der Waals surface area contributed by atoms with Gasteiger partial charge in [-0.1, -0.05) is 0 Å². The number of carbonyl (C=O) groups is 2. The van der Waals surface area contributed by atoms with Crippen LogP contribution in [0, 0.1) is 0 Å². The summed E-state index contributed by atoms with van der Waals surface area (Å²) >= 11 is 0. The lowest BCUT2D eigenvalue weighted by Gasteiger charge is -2.32. The number of aromatic amines is 1. The third kappa shape index (κ3) is 1.86. The van der Waals surface area contributed by atoms with E-state index in [0.717, 1.165) is 0 Å². The summed E-state index contributed by atoms with van der Waals surface area (Å²) in [5, 5.41) is 32.5. The maximum absolute atomic E-state index is 11.7. The Morgan fingerprint density at radius 1 is 1.43 bits per heavy atom. The Bertz CT molecular complexity index is 683. The Labute approximate surface area is 115 Å². The molecule has 0 aromatic carbocycles. The van der Waals surface area contributed by atoms with Crippen LogP contribution < -0.4 is 11.2 Å². The number of carbonyl (C=O) groups excluding carboxylic acids is 2. The van der Waals surface area contributed by atoms with Gasteiger partial charge in [0.1, 0.15) is 18.4 Å². The molecule has 0 radical (unpaired) electrons. The van der Waals surface area contributed by atoms with E-state index in [-0.39, 0.29) is 17.3 Å². The molecule has 0 saturated carbocycles. The molecule has 11 heteroatoms. The number of aldehydes is 2. The second kappa shape index (κ2) is 4.96. The molecule has 1 aromatic heterocycles. The van der Waals surface area contributed by atoms with Crippen molar-refractivity contribution in [3.63, 3.8) is 0 Å². The average Bonchev–Trinajstić information content (AvgIpc) is 2.69. The van der Waals surface area contributed by atoms with Crippen LogP contribution in [-0.2, 0) is 20.1 Å². The minimum Gasteiger partial charge on any atom is -0.394 e. The summed E-state index contributed by atoms with van der Waals surface area (Å²) < 4.78 is 5.22. The fourth-order valence-electron chi connectivity index (χ4n) is 2.16. The Balaban J connectivity index is 2.75. The topological polar surface area (TPSA) is 172 Å². The number of aliphatic hydroxyl groups excluding tert-OH is 2. The van der Waals surface area contributed by atoms with E-state index in [9.17, 15) is 29.4 Å². The summed E-state index contributed by atoms with van der Waals surface area (Å²) in [7, 11) is 0.